The lowest BCUT2D eigenvalue weighted by molar-refractivity contribution is -0.143. The van der Waals surface area contributed by atoms with Gasteiger partial charge in [0.25, 0.3) is 0 Å². The van der Waals surface area contributed by atoms with Gasteiger partial charge in [0.1, 0.15) is 18.1 Å². The number of aromatic amines is 1. The molecule has 0 saturated carbocycles. The second-order valence-corrected chi connectivity index (χ2v) is 10.4. The molecule has 39 heavy (non-hydrogen) atoms. The lowest BCUT2D eigenvalue weighted by atomic mass is 9.99. The Kier molecular flexibility index (Phi) is 11.5. The number of aromatic nitrogens is 1. The van der Waals surface area contributed by atoms with Crippen LogP contribution in [0.3, 0.4) is 0 Å². The van der Waals surface area contributed by atoms with Crippen molar-refractivity contribution in [1.82, 2.24) is 20.9 Å². The van der Waals surface area contributed by atoms with E-state index in [4.69, 9.17) is 10.8 Å². The van der Waals surface area contributed by atoms with Gasteiger partial charge in [-0.1, -0.05) is 45.9 Å². The molecular formula is C27H39N5O7. The second kappa shape index (κ2) is 14.3. The lowest BCUT2D eigenvalue weighted by Crippen LogP contribution is -2.58. The molecule has 12 nitrogen and oxygen atoms in total. The molecule has 1 aromatic heterocycles. The highest BCUT2D eigenvalue weighted by Gasteiger charge is 2.31. The Morgan fingerprint density at radius 3 is 2.05 bits per heavy atom. The predicted octanol–water partition coefficient (Wildman–Crippen LogP) is 1.14. The van der Waals surface area contributed by atoms with E-state index >= 15 is 0 Å². The first-order valence-electron chi connectivity index (χ1n) is 13.0. The van der Waals surface area contributed by atoms with E-state index in [2.05, 4.69) is 20.9 Å². The zero-order valence-electron chi connectivity index (χ0n) is 22.7. The number of hydrogen-bond acceptors (Lipinski definition) is 6. The maximum absolute atomic E-state index is 13.2. The second-order valence-electron chi connectivity index (χ2n) is 10.4. The number of rotatable bonds is 15. The molecule has 4 atom stereocenters. The summed E-state index contributed by atoms with van der Waals surface area (Å²) >= 11 is 0. The third kappa shape index (κ3) is 9.40. The van der Waals surface area contributed by atoms with Crippen molar-refractivity contribution in [3.63, 3.8) is 0 Å². The quantitative estimate of drug-likeness (QED) is 0.172. The summed E-state index contributed by atoms with van der Waals surface area (Å²) < 4.78 is 0. The number of aliphatic carboxylic acids is 2. The van der Waals surface area contributed by atoms with Gasteiger partial charge in [0, 0.05) is 29.9 Å². The molecule has 0 saturated heterocycles. The van der Waals surface area contributed by atoms with Crippen molar-refractivity contribution in [2.45, 2.75) is 77.5 Å². The molecule has 0 aliphatic heterocycles. The first-order valence-corrected chi connectivity index (χ1v) is 13.0. The summed E-state index contributed by atoms with van der Waals surface area (Å²) in [5, 5.41) is 27.3. The largest absolute Gasteiger partial charge is 0.481 e. The fourth-order valence-corrected chi connectivity index (χ4v) is 4.08. The van der Waals surface area contributed by atoms with E-state index < -0.39 is 60.2 Å². The molecule has 214 valence electrons. The van der Waals surface area contributed by atoms with Gasteiger partial charge in [-0.3, -0.25) is 19.2 Å². The summed E-state index contributed by atoms with van der Waals surface area (Å²) in [5.41, 5.74) is 7.39. The zero-order valence-corrected chi connectivity index (χ0v) is 22.7. The van der Waals surface area contributed by atoms with E-state index in [1.54, 1.807) is 20.0 Å². The Balaban J connectivity index is 2.21. The summed E-state index contributed by atoms with van der Waals surface area (Å²) in [6.07, 6.45) is 1.15. The summed E-state index contributed by atoms with van der Waals surface area (Å²) in [6, 6.07) is 2.76. The third-order valence-corrected chi connectivity index (χ3v) is 6.35. The number of nitrogens with two attached hydrogens (primary N) is 1. The maximum Gasteiger partial charge on any atom is 0.326 e. The van der Waals surface area contributed by atoms with Crippen molar-refractivity contribution in [3.8, 4) is 0 Å². The molecule has 0 aliphatic carbocycles. The van der Waals surface area contributed by atoms with Crippen LogP contribution in [-0.4, -0.2) is 69.0 Å². The SMILES string of the molecule is CC(C)CC(NC(=O)C(N)C(C)C)C(=O)NC(CCC(=O)O)C(=O)NC(Cc1c[nH]c2ccccc12)C(=O)O. The van der Waals surface area contributed by atoms with Gasteiger partial charge in [-0.25, -0.2) is 4.79 Å². The summed E-state index contributed by atoms with van der Waals surface area (Å²) in [7, 11) is 0. The van der Waals surface area contributed by atoms with Crippen LogP contribution in [-0.2, 0) is 30.4 Å². The van der Waals surface area contributed by atoms with Crippen LogP contribution in [0.2, 0.25) is 0 Å². The van der Waals surface area contributed by atoms with Gasteiger partial charge in [0.2, 0.25) is 17.7 Å². The summed E-state index contributed by atoms with van der Waals surface area (Å²) in [4.78, 5) is 65.2. The molecule has 0 spiro atoms. The number of H-pyrrole nitrogens is 1. The highest BCUT2D eigenvalue weighted by atomic mass is 16.4. The van der Waals surface area contributed by atoms with Crippen LogP contribution < -0.4 is 21.7 Å². The first-order chi connectivity index (χ1) is 18.3. The number of para-hydroxylation sites is 1. The Hall–Kier alpha value is -3.93. The van der Waals surface area contributed by atoms with Crippen molar-refractivity contribution in [2.75, 3.05) is 0 Å². The molecule has 0 aliphatic rings. The molecule has 3 amide bonds. The molecule has 4 unspecified atom stereocenters. The smallest absolute Gasteiger partial charge is 0.326 e. The number of carboxylic acid groups (broad SMARTS) is 2. The minimum absolute atomic E-state index is 0.00446. The Morgan fingerprint density at radius 1 is 0.872 bits per heavy atom. The average Bonchev–Trinajstić information content (AvgIpc) is 3.27. The van der Waals surface area contributed by atoms with Crippen molar-refractivity contribution >= 4 is 40.6 Å². The van der Waals surface area contributed by atoms with Gasteiger partial charge < -0.3 is 36.9 Å². The molecule has 8 N–H and O–H groups in total. The number of benzene rings is 1. The molecule has 0 bridgehead atoms. The molecule has 2 rings (SSSR count). The van der Waals surface area contributed by atoms with Gasteiger partial charge in [-0.15, -0.1) is 0 Å². The van der Waals surface area contributed by atoms with E-state index in [-0.39, 0.29) is 31.1 Å². The van der Waals surface area contributed by atoms with E-state index in [0.29, 0.717) is 5.56 Å². The molecule has 1 heterocycles. The number of carboxylic acids is 2. The highest BCUT2D eigenvalue weighted by molar-refractivity contribution is 5.94. The Labute approximate surface area is 227 Å². The normalized spacial score (nSPS) is 14.4. The minimum Gasteiger partial charge on any atom is -0.481 e. The van der Waals surface area contributed by atoms with Crippen LogP contribution in [0.15, 0.2) is 30.5 Å². The number of nitrogens with one attached hydrogen (secondary N) is 4. The van der Waals surface area contributed by atoms with E-state index in [1.165, 1.54) is 0 Å². The fourth-order valence-electron chi connectivity index (χ4n) is 4.08. The topological polar surface area (TPSA) is 204 Å². The molecule has 0 fully saturated rings. The van der Waals surface area contributed by atoms with Crippen molar-refractivity contribution in [2.24, 2.45) is 17.6 Å². The van der Waals surface area contributed by atoms with Gasteiger partial charge in [0.05, 0.1) is 6.04 Å². The lowest BCUT2D eigenvalue weighted by Gasteiger charge is -2.26. The van der Waals surface area contributed by atoms with Crippen LogP contribution in [0.25, 0.3) is 10.9 Å². The maximum atomic E-state index is 13.2. The number of carbonyl (C=O) groups is 5. The molecular weight excluding hydrogens is 506 g/mol. The van der Waals surface area contributed by atoms with Gasteiger partial charge >= 0.3 is 11.9 Å². The van der Waals surface area contributed by atoms with Crippen LogP contribution in [0.4, 0.5) is 0 Å². The molecule has 2 aromatic rings. The van der Waals surface area contributed by atoms with Crippen LogP contribution in [0.1, 0.15) is 52.5 Å². The number of carbonyl (C=O) groups excluding carboxylic acids is 3. The molecule has 12 heteroatoms. The van der Waals surface area contributed by atoms with Crippen LogP contribution >= 0.6 is 0 Å². The van der Waals surface area contributed by atoms with E-state index in [9.17, 15) is 29.1 Å². The van der Waals surface area contributed by atoms with Gasteiger partial charge in [-0.2, -0.15) is 0 Å². The number of hydrogen-bond donors (Lipinski definition) is 7. The Morgan fingerprint density at radius 2 is 1.46 bits per heavy atom. The first kappa shape index (κ1) is 31.3. The summed E-state index contributed by atoms with van der Waals surface area (Å²) in [6.45, 7) is 7.24. The van der Waals surface area contributed by atoms with Crippen molar-refractivity contribution in [3.05, 3.63) is 36.0 Å². The molecule has 0 radical (unpaired) electrons. The van der Waals surface area contributed by atoms with Gasteiger partial charge in [-0.05, 0) is 36.3 Å². The van der Waals surface area contributed by atoms with Gasteiger partial charge in [0.15, 0.2) is 0 Å². The van der Waals surface area contributed by atoms with E-state index in [0.717, 1.165) is 10.9 Å². The minimum atomic E-state index is -1.34. The van der Waals surface area contributed by atoms with Crippen molar-refractivity contribution in [1.29, 1.82) is 0 Å². The summed E-state index contributed by atoms with van der Waals surface area (Å²) in [5.74, 6) is -4.72. The predicted molar refractivity (Wildman–Crippen MR) is 145 cm³/mol. The number of fused-ring (bicyclic) bond motifs is 1. The zero-order chi connectivity index (χ0) is 29.3. The van der Waals surface area contributed by atoms with Crippen LogP contribution in [0, 0.1) is 11.8 Å². The number of amides is 3. The van der Waals surface area contributed by atoms with Crippen molar-refractivity contribution < 1.29 is 34.2 Å². The van der Waals surface area contributed by atoms with E-state index in [1.807, 2.05) is 38.1 Å². The fraction of sp³-hybridized carbons (Fsp3) is 0.519. The average molecular weight is 546 g/mol. The third-order valence-electron chi connectivity index (χ3n) is 6.35. The standard InChI is InChI=1S/C27H39N5O7/c1-14(2)11-20(31-26(37)23(28)15(3)4)25(36)30-19(9-10-22(33)34)24(35)32-21(27(38)39)12-16-13-29-18-8-6-5-7-17(16)18/h5-8,13-15,19-21,23,29H,9-12,28H2,1-4H3,(H,30,36)(H,31,37)(H,32,35)(H,33,34)(H,38,39). The van der Waals surface area contributed by atoms with Crippen LogP contribution in [0.5, 0.6) is 0 Å². The highest BCUT2D eigenvalue weighted by Crippen LogP contribution is 2.19. The monoisotopic (exact) mass is 545 g/mol. The molecule has 1 aromatic carbocycles. The Bertz CT molecular complexity index is 1180.